The highest BCUT2D eigenvalue weighted by Crippen LogP contribution is 2.11. The Balaban J connectivity index is 2.71. The fourth-order valence-electron chi connectivity index (χ4n) is 0.868. The highest BCUT2D eigenvalue weighted by atomic mass is 16.2. The van der Waals surface area contributed by atoms with Gasteiger partial charge in [-0.3, -0.25) is 14.5 Å². The quantitative estimate of drug-likeness (QED) is 0.395. The van der Waals surface area contributed by atoms with E-state index in [0.717, 1.165) is 11.0 Å². The van der Waals surface area contributed by atoms with Crippen molar-refractivity contribution in [3.63, 3.8) is 0 Å². The number of amides is 2. The van der Waals surface area contributed by atoms with Gasteiger partial charge >= 0.3 is 0 Å². The summed E-state index contributed by atoms with van der Waals surface area (Å²) in [4.78, 5) is 22.6. The van der Waals surface area contributed by atoms with Crippen molar-refractivity contribution in [2.24, 2.45) is 0 Å². The van der Waals surface area contributed by atoms with Crippen LogP contribution in [0.1, 0.15) is 12.8 Å². The van der Waals surface area contributed by atoms with Gasteiger partial charge in [0.1, 0.15) is 0 Å². The summed E-state index contributed by atoms with van der Waals surface area (Å²) in [6.07, 6.45) is 2.84. The lowest BCUT2D eigenvalue weighted by molar-refractivity contribution is -0.135. The first-order valence-electron chi connectivity index (χ1n) is 3.17. The molecule has 0 atom stereocenters. The van der Waals surface area contributed by atoms with Crippen LogP contribution >= 0.6 is 0 Å². The topological polar surface area (TPSA) is 61.2 Å². The predicted molar refractivity (Wildman–Crippen MR) is 35.8 cm³/mol. The molecule has 0 aromatic rings. The van der Waals surface area contributed by atoms with E-state index in [9.17, 15) is 9.59 Å². The van der Waals surface area contributed by atoms with Crippen LogP contribution in [0.25, 0.3) is 0 Å². The molecule has 1 aliphatic rings. The Morgan fingerprint density at radius 2 is 1.91 bits per heavy atom. The van der Waals surface area contributed by atoms with Gasteiger partial charge in [-0.2, -0.15) is 5.26 Å². The second-order valence-electron chi connectivity index (χ2n) is 2.10. The number of carbonyl (C=O) groups excluding carboxylic acids is 2. The maximum absolute atomic E-state index is 10.8. The van der Waals surface area contributed by atoms with E-state index >= 15 is 0 Å². The number of nitrogens with zero attached hydrogens (tertiary/aromatic N) is 2. The Morgan fingerprint density at radius 3 is 2.36 bits per heavy atom. The number of likely N-dealkylation sites (tertiary alicyclic amines) is 1. The Morgan fingerprint density at radius 1 is 1.36 bits per heavy atom. The normalized spacial score (nSPS) is 17.9. The van der Waals surface area contributed by atoms with Crippen molar-refractivity contribution >= 4 is 11.8 Å². The number of carbonyl (C=O) groups is 2. The maximum Gasteiger partial charge on any atom is 0.233 e. The van der Waals surface area contributed by atoms with Gasteiger partial charge in [0.25, 0.3) is 0 Å². The number of allylic oxidation sites excluding steroid dienone is 1. The summed E-state index contributed by atoms with van der Waals surface area (Å²) in [7, 11) is 0. The molecule has 11 heavy (non-hydrogen) atoms. The number of hydrogen-bond donors (Lipinski definition) is 0. The number of imide groups is 1. The van der Waals surface area contributed by atoms with Crippen LogP contribution in [0.3, 0.4) is 0 Å². The molecule has 0 saturated carbocycles. The molecule has 56 valence electrons. The summed E-state index contributed by atoms with van der Waals surface area (Å²) >= 11 is 0. The highest BCUT2D eigenvalue weighted by Gasteiger charge is 2.26. The molecule has 1 aliphatic heterocycles. The van der Waals surface area contributed by atoms with E-state index in [1.165, 1.54) is 6.20 Å². The van der Waals surface area contributed by atoms with Gasteiger partial charge in [0, 0.05) is 25.1 Å². The molecule has 4 heteroatoms. The standard InChI is InChI=1S/C7H6N2O2/c8-4-1-5-9-6(10)2-3-7(9)11/h1,5H,2-3H2. The van der Waals surface area contributed by atoms with E-state index in [0.29, 0.717) is 0 Å². The van der Waals surface area contributed by atoms with Crippen LogP contribution in [-0.4, -0.2) is 16.7 Å². The van der Waals surface area contributed by atoms with Crippen LogP contribution < -0.4 is 0 Å². The molecule has 4 nitrogen and oxygen atoms in total. The van der Waals surface area contributed by atoms with E-state index in [4.69, 9.17) is 5.26 Å². The number of nitriles is 1. The van der Waals surface area contributed by atoms with Crippen molar-refractivity contribution in [3.8, 4) is 6.07 Å². The zero-order chi connectivity index (χ0) is 8.27. The predicted octanol–water partition coefficient (Wildman–Crippen LogP) is 0.173. The van der Waals surface area contributed by atoms with Crippen molar-refractivity contribution in [2.45, 2.75) is 12.8 Å². The first kappa shape index (κ1) is 7.48. The van der Waals surface area contributed by atoms with Gasteiger partial charge in [0.2, 0.25) is 11.8 Å². The molecule has 0 bridgehead atoms. The molecule has 0 N–H and O–H groups in total. The fraction of sp³-hybridized carbons (Fsp3) is 0.286. The molecule has 1 heterocycles. The third kappa shape index (κ3) is 1.44. The molecule has 0 aliphatic carbocycles. The van der Waals surface area contributed by atoms with Crippen molar-refractivity contribution < 1.29 is 9.59 Å². The minimum Gasteiger partial charge on any atom is -0.274 e. The van der Waals surface area contributed by atoms with Crippen molar-refractivity contribution in [1.82, 2.24) is 4.90 Å². The van der Waals surface area contributed by atoms with Crippen LogP contribution in [0.5, 0.6) is 0 Å². The summed E-state index contributed by atoms with van der Waals surface area (Å²) in [6.45, 7) is 0. The zero-order valence-corrected chi connectivity index (χ0v) is 5.78. The average Bonchev–Trinajstić information content (AvgIpc) is 2.29. The minimum absolute atomic E-state index is 0.235. The maximum atomic E-state index is 10.8. The monoisotopic (exact) mass is 150 g/mol. The van der Waals surface area contributed by atoms with E-state index < -0.39 is 0 Å². The third-order valence-corrected chi connectivity index (χ3v) is 1.39. The SMILES string of the molecule is N#CC=CN1C(=O)CCC1=O. The van der Waals surface area contributed by atoms with Crippen molar-refractivity contribution in [3.05, 3.63) is 12.3 Å². The van der Waals surface area contributed by atoms with E-state index in [-0.39, 0.29) is 24.7 Å². The van der Waals surface area contributed by atoms with Crippen LogP contribution in [0.15, 0.2) is 12.3 Å². The van der Waals surface area contributed by atoms with Gasteiger partial charge in [-0.15, -0.1) is 0 Å². The molecule has 0 unspecified atom stereocenters. The molecule has 0 radical (unpaired) electrons. The van der Waals surface area contributed by atoms with Crippen molar-refractivity contribution in [2.75, 3.05) is 0 Å². The molecule has 0 aromatic heterocycles. The fourth-order valence-corrected chi connectivity index (χ4v) is 0.868. The molecule has 0 spiro atoms. The lowest BCUT2D eigenvalue weighted by Crippen LogP contribution is -2.22. The minimum atomic E-state index is -0.235. The Hall–Kier alpha value is -1.63. The van der Waals surface area contributed by atoms with Crippen LogP contribution in [-0.2, 0) is 9.59 Å². The van der Waals surface area contributed by atoms with Crippen LogP contribution in [0, 0.1) is 11.3 Å². The van der Waals surface area contributed by atoms with Crippen LogP contribution in [0.2, 0.25) is 0 Å². The summed E-state index contributed by atoms with van der Waals surface area (Å²) in [5, 5.41) is 8.11. The summed E-state index contributed by atoms with van der Waals surface area (Å²) in [5.41, 5.74) is 0. The van der Waals surface area contributed by atoms with Gasteiger partial charge in [-0.25, -0.2) is 0 Å². The Kier molecular flexibility index (Phi) is 2.02. The summed E-state index contributed by atoms with van der Waals surface area (Å²) in [5.74, 6) is -0.469. The molecule has 1 rings (SSSR count). The lowest BCUT2D eigenvalue weighted by Gasteiger charge is -2.03. The van der Waals surface area contributed by atoms with E-state index in [2.05, 4.69) is 0 Å². The molecular formula is C7H6N2O2. The molecule has 2 amide bonds. The highest BCUT2D eigenvalue weighted by molar-refractivity contribution is 6.02. The molecule has 0 aromatic carbocycles. The largest absolute Gasteiger partial charge is 0.274 e. The van der Waals surface area contributed by atoms with Gasteiger partial charge in [0.05, 0.1) is 6.07 Å². The Labute approximate surface area is 63.7 Å². The number of hydrogen-bond acceptors (Lipinski definition) is 3. The van der Waals surface area contributed by atoms with Crippen molar-refractivity contribution in [1.29, 1.82) is 5.26 Å². The summed E-state index contributed by atoms with van der Waals surface area (Å²) in [6, 6.07) is 1.71. The van der Waals surface area contributed by atoms with Crippen LogP contribution in [0.4, 0.5) is 0 Å². The first-order chi connectivity index (χ1) is 5.25. The lowest BCUT2D eigenvalue weighted by atomic mass is 10.4. The molecular weight excluding hydrogens is 144 g/mol. The van der Waals surface area contributed by atoms with Gasteiger partial charge in [-0.05, 0) is 0 Å². The van der Waals surface area contributed by atoms with E-state index in [1.807, 2.05) is 0 Å². The van der Waals surface area contributed by atoms with Gasteiger partial charge in [-0.1, -0.05) is 0 Å². The smallest absolute Gasteiger partial charge is 0.233 e. The summed E-state index contributed by atoms with van der Waals surface area (Å²) < 4.78 is 0. The average molecular weight is 150 g/mol. The van der Waals surface area contributed by atoms with E-state index in [1.54, 1.807) is 6.07 Å². The Bertz CT molecular complexity index is 246. The van der Waals surface area contributed by atoms with Gasteiger partial charge in [0.15, 0.2) is 0 Å². The second-order valence-corrected chi connectivity index (χ2v) is 2.10. The second kappa shape index (κ2) is 2.97. The molecule has 1 fully saturated rings. The zero-order valence-electron chi connectivity index (χ0n) is 5.78. The third-order valence-electron chi connectivity index (χ3n) is 1.39. The molecule has 1 saturated heterocycles. The van der Waals surface area contributed by atoms with Gasteiger partial charge < -0.3 is 0 Å². The first-order valence-corrected chi connectivity index (χ1v) is 3.17. The number of rotatable bonds is 1.